The van der Waals surface area contributed by atoms with Gasteiger partial charge in [0.2, 0.25) is 11.8 Å². The highest BCUT2D eigenvalue weighted by Gasteiger charge is 2.61. The molecule has 2 amide bonds. The van der Waals surface area contributed by atoms with Gasteiger partial charge in [-0.3, -0.25) is 14.4 Å². The van der Waals surface area contributed by atoms with Crippen LogP contribution in [0.4, 0.5) is 23.2 Å². The molecule has 8 heteroatoms. The second-order valence-electron chi connectivity index (χ2n) is 6.84. The highest BCUT2D eigenvalue weighted by molar-refractivity contribution is 6.23. The Balaban J connectivity index is 1.79. The van der Waals surface area contributed by atoms with Crippen molar-refractivity contribution in [2.75, 3.05) is 4.90 Å². The van der Waals surface area contributed by atoms with Crippen molar-refractivity contribution in [3.8, 4) is 0 Å². The van der Waals surface area contributed by atoms with Gasteiger partial charge in [0, 0.05) is 12.3 Å². The maximum atomic E-state index is 14.1. The first-order chi connectivity index (χ1) is 11.7. The molecule has 0 aromatic heterocycles. The molecule has 25 heavy (non-hydrogen) atoms. The lowest BCUT2D eigenvalue weighted by atomic mass is 9.59. The number of ketones is 1. The Morgan fingerprint density at radius 2 is 1.68 bits per heavy atom. The predicted octanol–water partition coefficient (Wildman–Crippen LogP) is 2.95. The maximum absolute atomic E-state index is 14.1. The third-order valence-electron chi connectivity index (χ3n) is 5.58. The van der Waals surface area contributed by atoms with E-state index in [1.54, 1.807) is 0 Å². The smallest absolute Gasteiger partial charge is 0.299 e. The zero-order valence-electron chi connectivity index (χ0n) is 12.8. The number of anilines is 1. The van der Waals surface area contributed by atoms with Crippen molar-refractivity contribution >= 4 is 23.3 Å². The van der Waals surface area contributed by atoms with Crippen LogP contribution in [0.2, 0.25) is 0 Å². The molecule has 4 fully saturated rings. The van der Waals surface area contributed by atoms with Gasteiger partial charge >= 0.3 is 6.18 Å². The van der Waals surface area contributed by atoms with Gasteiger partial charge in [-0.05, 0) is 37.0 Å². The number of hydrogen-bond acceptors (Lipinski definition) is 3. The molecule has 0 N–H and O–H groups in total. The molecule has 1 aromatic rings. The molecule has 5 rings (SSSR count). The first-order valence-corrected chi connectivity index (χ1v) is 7.97. The molecule has 1 aromatic carbocycles. The van der Waals surface area contributed by atoms with E-state index >= 15 is 0 Å². The molecule has 0 spiro atoms. The first kappa shape index (κ1) is 16.2. The Morgan fingerprint density at radius 3 is 2.32 bits per heavy atom. The predicted molar refractivity (Wildman–Crippen MR) is 76.7 cm³/mol. The monoisotopic (exact) mass is 355 g/mol. The Bertz CT molecular complexity index is 804. The summed E-state index contributed by atoms with van der Waals surface area (Å²) in [4.78, 5) is 38.0. The number of amides is 2. The van der Waals surface area contributed by atoms with Crippen molar-refractivity contribution in [1.29, 1.82) is 0 Å². The zero-order chi connectivity index (χ0) is 18.1. The second kappa shape index (κ2) is 5.12. The van der Waals surface area contributed by atoms with Crippen molar-refractivity contribution < 1.29 is 31.9 Å². The highest BCUT2D eigenvalue weighted by Crippen LogP contribution is 2.52. The van der Waals surface area contributed by atoms with Crippen LogP contribution in [0, 0.1) is 29.5 Å². The average Bonchev–Trinajstić information content (AvgIpc) is 2.81. The maximum Gasteiger partial charge on any atom is 0.416 e. The Hall–Kier alpha value is -2.25. The van der Waals surface area contributed by atoms with Crippen LogP contribution in [-0.4, -0.2) is 17.6 Å². The Morgan fingerprint density at radius 1 is 1.00 bits per heavy atom. The minimum absolute atomic E-state index is 0.0926. The molecule has 0 radical (unpaired) electrons. The van der Waals surface area contributed by atoms with Crippen LogP contribution in [0.25, 0.3) is 0 Å². The van der Waals surface area contributed by atoms with Crippen LogP contribution in [-0.2, 0) is 20.6 Å². The summed E-state index contributed by atoms with van der Waals surface area (Å²) in [6.07, 6.45) is -3.42. The largest absolute Gasteiger partial charge is 0.416 e. The molecule has 3 saturated carbocycles. The van der Waals surface area contributed by atoms with Crippen LogP contribution in [0.3, 0.4) is 0 Å². The summed E-state index contributed by atoms with van der Waals surface area (Å²) in [6, 6.07) is 1.64. The standard InChI is InChI=1S/C17H13F4NO3/c18-10-4-2-8(17(19,20)21)6-11(10)22-15(24)13-7-1-3-9(12(23)5-7)14(13)16(22)25/h2,4,6-7,9,13-14H,1,3,5H2/t7-,9+,13+,14-/m1/s1. The third-order valence-corrected chi connectivity index (χ3v) is 5.58. The lowest BCUT2D eigenvalue weighted by Gasteiger charge is -2.41. The van der Waals surface area contributed by atoms with E-state index in [9.17, 15) is 31.9 Å². The fourth-order valence-corrected chi connectivity index (χ4v) is 4.48. The number of carbonyl (C=O) groups is 3. The van der Waals surface area contributed by atoms with Gasteiger partial charge in [0.05, 0.1) is 23.1 Å². The fourth-order valence-electron chi connectivity index (χ4n) is 4.48. The average molecular weight is 355 g/mol. The quantitative estimate of drug-likeness (QED) is 0.575. The summed E-state index contributed by atoms with van der Waals surface area (Å²) in [5, 5.41) is 0. The highest BCUT2D eigenvalue weighted by atomic mass is 19.4. The minimum Gasteiger partial charge on any atom is -0.299 e. The van der Waals surface area contributed by atoms with Crippen LogP contribution in [0.1, 0.15) is 24.8 Å². The normalized spacial score (nSPS) is 31.7. The van der Waals surface area contributed by atoms with E-state index in [1.165, 1.54) is 0 Å². The van der Waals surface area contributed by atoms with E-state index in [1.807, 2.05) is 0 Å². The number of benzene rings is 1. The molecule has 1 heterocycles. The number of Topliss-reactive ketones (excluding diaryl/α,β-unsaturated/α-hetero) is 1. The van der Waals surface area contributed by atoms with Crippen molar-refractivity contribution in [3.63, 3.8) is 0 Å². The van der Waals surface area contributed by atoms with Gasteiger partial charge in [0.15, 0.2) is 0 Å². The van der Waals surface area contributed by atoms with E-state index in [2.05, 4.69) is 0 Å². The molecule has 4 nitrogen and oxygen atoms in total. The van der Waals surface area contributed by atoms with Crippen LogP contribution < -0.4 is 4.90 Å². The molecular formula is C17H13F4NO3. The zero-order valence-corrected chi connectivity index (χ0v) is 12.8. The summed E-state index contributed by atoms with van der Waals surface area (Å²) in [7, 11) is 0. The lowest BCUT2D eigenvalue weighted by molar-refractivity contribution is -0.143. The molecule has 4 aliphatic rings. The fraction of sp³-hybridized carbons (Fsp3) is 0.471. The molecule has 2 bridgehead atoms. The number of rotatable bonds is 1. The van der Waals surface area contributed by atoms with Crippen LogP contribution >= 0.6 is 0 Å². The molecule has 4 atom stereocenters. The van der Waals surface area contributed by atoms with Gasteiger partial charge in [-0.1, -0.05) is 0 Å². The van der Waals surface area contributed by atoms with E-state index in [0.717, 1.165) is 0 Å². The van der Waals surface area contributed by atoms with E-state index < -0.39 is 52.8 Å². The van der Waals surface area contributed by atoms with Gasteiger partial charge in [0.1, 0.15) is 11.6 Å². The molecule has 3 aliphatic carbocycles. The van der Waals surface area contributed by atoms with Crippen molar-refractivity contribution in [2.24, 2.45) is 23.7 Å². The summed E-state index contributed by atoms with van der Waals surface area (Å²) < 4.78 is 52.9. The van der Waals surface area contributed by atoms with E-state index in [4.69, 9.17) is 0 Å². The Kier molecular flexibility index (Phi) is 3.33. The molecule has 1 aliphatic heterocycles. The summed E-state index contributed by atoms with van der Waals surface area (Å²) in [6.45, 7) is 0. The number of fused-ring (bicyclic) bond motifs is 2. The molecule has 0 unspecified atom stereocenters. The van der Waals surface area contributed by atoms with Crippen LogP contribution in [0.5, 0.6) is 0 Å². The number of alkyl halides is 3. The number of carbonyl (C=O) groups excluding carboxylic acids is 3. The van der Waals surface area contributed by atoms with Crippen molar-refractivity contribution in [1.82, 2.24) is 0 Å². The van der Waals surface area contributed by atoms with Crippen molar-refractivity contribution in [3.05, 3.63) is 29.6 Å². The number of nitrogens with zero attached hydrogens (tertiary/aromatic N) is 1. The third kappa shape index (κ3) is 2.22. The van der Waals surface area contributed by atoms with Gasteiger partial charge in [0.25, 0.3) is 0 Å². The minimum atomic E-state index is -4.73. The first-order valence-electron chi connectivity index (χ1n) is 7.97. The molecule has 132 valence electrons. The van der Waals surface area contributed by atoms with E-state index in [-0.39, 0.29) is 18.1 Å². The summed E-state index contributed by atoms with van der Waals surface area (Å²) in [5.74, 6) is -5.13. The molecular weight excluding hydrogens is 342 g/mol. The SMILES string of the molecule is O=C1C[C@H]2CC[C@@H]1[C@H]1C(=O)N(c3cc(C(F)(F)F)ccc3F)C(=O)[C@@H]21. The van der Waals surface area contributed by atoms with Gasteiger partial charge in [-0.15, -0.1) is 0 Å². The van der Waals surface area contributed by atoms with Gasteiger partial charge < -0.3 is 0 Å². The molecule has 1 saturated heterocycles. The summed E-state index contributed by atoms with van der Waals surface area (Å²) in [5.41, 5.74) is -1.83. The lowest BCUT2D eigenvalue weighted by Crippen LogP contribution is -2.46. The second-order valence-corrected chi connectivity index (χ2v) is 6.84. The number of halogens is 4. The number of imide groups is 1. The van der Waals surface area contributed by atoms with Gasteiger partial charge in [-0.2, -0.15) is 13.2 Å². The Labute approximate surface area is 139 Å². The topological polar surface area (TPSA) is 54.5 Å². The van der Waals surface area contributed by atoms with E-state index in [0.29, 0.717) is 35.9 Å². The van der Waals surface area contributed by atoms with Gasteiger partial charge in [-0.25, -0.2) is 9.29 Å². The van der Waals surface area contributed by atoms with Crippen molar-refractivity contribution in [2.45, 2.75) is 25.4 Å². The van der Waals surface area contributed by atoms with Crippen LogP contribution in [0.15, 0.2) is 18.2 Å². The summed E-state index contributed by atoms with van der Waals surface area (Å²) >= 11 is 0. The number of hydrogen-bond donors (Lipinski definition) is 0.